The SMILES string of the molecule is COc1cc(C=CC=CC(=O)N2CCN(C)CC2)cc(OC)c1OC. The summed E-state index contributed by atoms with van der Waals surface area (Å²) in [4.78, 5) is 16.2. The first kappa shape index (κ1) is 18.9. The first-order chi connectivity index (χ1) is 12.1. The zero-order valence-corrected chi connectivity index (χ0v) is 15.3. The molecule has 0 saturated carbocycles. The lowest BCUT2D eigenvalue weighted by Gasteiger charge is -2.31. The van der Waals surface area contributed by atoms with Gasteiger partial charge in [0.05, 0.1) is 21.3 Å². The summed E-state index contributed by atoms with van der Waals surface area (Å²) < 4.78 is 16.0. The molecule has 1 aliphatic heterocycles. The monoisotopic (exact) mass is 346 g/mol. The van der Waals surface area contributed by atoms with Gasteiger partial charge in [-0.05, 0) is 24.7 Å². The molecule has 6 heteroatoms. The fourth-order valence-electron chi connectivity index (χ4n) is 2.63. The highest BCUT2D eigenvalue weighted by Gasteiger charge is 2.16. The Hall–Kier alpha value is -2.47. The molecule has 0 atom stereocenters. The van der Waals surface area contributed by atoms with E-state index in [-0.39, 0.29) is 5.91 Å². The second-order valence-corrected chi connectivity index (χ2v) is 5.81. The van der Waals surface area contributed by atoms with Crippen LogP contribution in [-0.2, 0) is 4.79 Å². The highest BCUT2D eigenvalue weighted by molar-refractivity contribution is 5.88. The minimum absolute atomic E-state index is 0.0441. The maximum Gasteiger partial charge on any atom is 0.246 e. The number of ether oxygens (including phenoxy) is 3. The number of benzene rings is 1. The predicted molar refractivity (Wildman–Crippen MR) is 98.3 cm³/mol. The number of hydrogen-bond donors (Lipinski definition) is 0. The maximum absolute atomic E-state index is 12.1. The van der Waals surface area contributed by atoms with Gasteiger partial charge in [-0.1, -0.05) is 18.2 Å². The van der Waals surface area contributed by atoms with E-state index in [0.717, 1.165) is 31.7 Å². The van der Waals surface area contributed by atoms with Crippen LogP contribution in [-0.4, -0.2) is 70.3 Å². The molecule has 1 aromatic carbocycles. The molecule has 25 heavy (non-hydrogen) atoms. The number of amides is 1. The van der Waals surface area contributed by atoms with Crippen LogP contribution in [0.25, 0.3) is 6.08 Å². The normalized spacial score (nSPS) is 15.8. The van der Waals surface area contributed by atoms with Gasteiger partial charge in [0.25, 0.3) is 0 Å². The Labute approximate surface area is 149 Å². The van der Waals surface area contributed by atoms with Gasteiger partial charge >= 0.3 is 0 Å². The lowest BCUT2D eigenvalue weighted by molar-refractivity contribution is -0.127. The Morgan fingerprint density at radius 2 is 1.56 bits per heavy atom. The van der Waals surface area contributed by atoms with Crippen molar-refractivity contribution < 1.29 is 19.0 Å². The number of methoxy groups -OCH3 is 3. The molecule has 0 aromatic heterocycles. The zero-order chi connectivity index (χ0) is 18.2. The number of likely N-dealkylation sites (N-methyl/N-ethyl adjacent to an activating group) is 1. The van der Waals surface area contributed by atoms with Gasteiger partial charge < -0.3 is 24.0 Å². The van der Waals surface area contributed by atoms with Crippen molar-refractivity contribution in [3.63, 3.8) is 0 Å². The largest absolute Gasteiger partial charge is 0.493 e. The second-order valence-electron chi connectivity index (χ2n) is 5.81. The highest BCUT2D eigenvalue weighted by Crippen LogP contribution is 2.38. The molecule has 0 bridgehead atoms. The quantitative estimate of drug-likeness (QED) is 0.583. The second kappa shape index (κ2) is 9.13. The molecule has 0 N–H and O–H groups in total. The lowest BCUT2D eigenvalue weighted by atomic mass is 10.1. The average Bonchev–Trinajstić information content (AvgIpc) is 2.64. The molecule has 0 spiro atoms. The van der Waals surface area contributed by atoms with Gasteiger partial charge in [0.2, 0.25) is 11.7 Å². The van der Waals surface area contributed by atoms with Crippen LogP contribution in [0.15, 0.2) is 30.4 Å². The molecule has 0 radical (unpaired) electrons. The van der Waals surface area contributed by atoms with Crippen molar-refractivity contribution in [3.8, 4) is 17.2 Å². The third-order valence-corrected chi connectivity index (χ3v) is 4.14. The summed E-state index contributed by atoms with van der Waals surface area (Å²) in [6, 6.07) is 3.71. The number of hydrogen-bond acceptors (Lipinski definition) is 5. The molecule has 2 rings (SSSR count). The Bertz CT molecular complexity index is 622. The minimum Gasteiger partial charge on any atom is -0.493 e. The van der Waals surface area contributed by atoms with E-state index in [0.29, 0.717) is 17.2 Å². The van der Waals surface area contributed by atoms with Gasteiger partial charge in [-0.2, -0.15) is 0 Å². The fraction of sp³-hybridized carbons (Fsp3) is 0.421. The van der Waals surface area contributed by atoms with E-state index in [9.17, 15) is 4.79 Å². The van der Waals surface area contributed by atoms with Crippen LogP contribution in [0.2, 0.25) is 0 Å². The topological polar surface area (TPSA) is 51.2 Å². The number of nitrogens with zero attached hydrogens (tertiary/aromatic N) is 2. The predicted octanol–water partition coefficient (Wildman–Crippen LogP) is 2.06. The van der Waals surface area contributed by atoms with Crippen molar-refractivity contribution in [1.29, 1.82) is 0 Å². The highest BCUT2D eigenvalue weighted by atomic mass is 16.5. The smallest absolute Gasteiger partial charge is 0.246 e. The molecule has 0 unspecified atom stereocenters. The molecule has 1 saturated heterocycles. The van der Waals surface area contributed by atoms with Gasteiger partial charge in [-0.25, -0.2) is 0 Å². The average molecular weight is 346 g/mol. The first-order valence-electron chi connectivity index (χ1n) is 8.21. The molecule has 1 heterocycles. The molecular formula is C19H26N2O4. The summed E-state index contributed by atoms with van der Waals surface area (Å²) in [5.74, 6) is 1.79. The van der Waals surface area contributed by atoms with Crippen LogP contribution in [0.4, 0.5) is 0 Å². The molecule has 1 fully saturated rings. The Morgan fingerprint density at radius 1 is 0.960 bits per heavy atom. The number of piperazine rings is 1. The fourth-order valence-corrected chi connectivity index (χ4v) is 2.63. The van der Waals surface area contributed by atoms with Gasteiger partial charge in [-0.15, -0.1) is 0 Å². The third kappa shape index (κ3) is 5.00. The van der Waals surface area contributed by atoms with E-state index in [1.165, 1.54) is 0 Å². The molecule has 1 amide bonds. The minimum atomic E-state index is 0.0441. The van der Waals surface area contributed by atoms with Gasteiger partial charge in [0.1, 0.15) is 0 Å². The standard InChI is InChI=1S/C19H26N2O4/c1-20-9-11-21(12-10-20)18(22)8-6-5-7-15-13-16(23-2)19(25-4)17(14-15)24-3/h5-8,13-14H,9-12H2,1-4H3. The van der Waals surface area contributed by atoms with Crippen molar-refractivity contribution in [2.75, 3.05) is 54.6 Å². The van der Waals surface area contributed by atoms with E-state index in [4.69, 9.17) is 14.2 Å². The van der Waals surface area contributed by atoms with E-state index in [1.807, 2.05) is 29.2 Å². The number of carbonyl (C=O) groups is 1. The van der Waals surface area contributed by atoms with E-state index >= 15 is 0 Å². The third-order valence-electron chi connectivity index (χ3n) is 4.14. The summed E-state index contributed by atoms with van der Waals surface area (Å²) in [5.41, 5.74) is 0.895. The number of allylic oxidation sites excluding steroid dienone is 2. The summed E-state index contributed by atoms with van der Waals surface area (Å²) in [6.07, 6.45) is 7.07. The molecule has 1 aliphatic rings. The van der Waals surface area contributed by atoms with Gasteiger partial charge in [0.15, 0.2) is 11.5 Å². The Morgan fingerprint density at radius 3 is 2.08 bits per heavy atom. The van der Waals surface area contributed by atoms with Crippen LogP contribution in [0.5, 0.6) is 17.2 Å². The molecule has 0 aliphatic carbocycles. The summed E-state index contributed by atoms with van der Waals surface area (Å²) >= 11 is 0. The van der Waals surface area contributed by atoms with Gasteiger partial charge in [-0.3, -0.25) is 4.79 Å². The Balaban J connectivity index is 2.02. The van der Waals surface area contributed by atoms with Crippen LogP contribution in [0.1, 0.15) is 5.56 Å². The maximum atomic E-state index is 12.1. The molecular weight excluding hydrogens is 320 g/mol. The summed E-state index contributed by atoms with van der Waals surface area (Å²) in [5, 5.41) is 0. The molecule has 6 nitrogen and oxygen atoms in total. The molecule has 136 valence electrons. The van der Waals surface area contributed by atoms with Gasteiger partial charge in [0, 0.05) is 32.3 Å². The summed E-state index contributed by atoms with van der Waals surface area (Å²) in [7, 11) is 6.80. The zero-order valence-electron chi connectivity index (χ0n) is 15.3. The van der Waals surface area contributed by atoms with Crippen LogP contribution < -0.4 is 14.2 Å². The van der Waals surface area contributed by atoms with E-state index in [1.54, 1.807) is 33.5 Å². The van der Waals surface area contributed by atoms with Crippen molar-refractivity contribution in [2.45, 2.75) is 0 Å². The first-order valence-corrected chi connectivity index (χ1v) is 8.21. The Kier molecular flexibility index (Phi) is 6.89. The van der Waals surface area contributed by atoms with Crippen LogP contribution >= 0.6 is 0 Å². The van der Waals surface area contributed by atoms with Crippen molar-refractivity contribution in [1.82, 2.24) is 9.80 Å². The van der Waals surface area contributed by atoms with Crippen molar-refractivity contribution in [2.24, 2.45) is 0 Å². The van der Waals surface area contributed by atoms with E-state index < -0.39 is 0 Å². The summed E-state index contributed by atoms with van der Waals surface area (Å²) in [6.45, 7) is 3.38. The lowest BCUT2D eigenvalue weighted by Crippen LogP contribution is -2.46. The molecule has 1 aromatic rings. The number of rotatable bonds is 6. The number of carbonyl (C=O) groups excluding carboxylic acids is 1. The van der Waals surface area contributed by atoms with Crippen LogP contribution in [0, 0.1) is 0 Å². The van der Waals surface area contributed by atoms with E-state index in [2.05, 4.69) is 11.9 Å². The van der Waals surface area contributed by atoms with Crippen molar-refractivity contribution >= 4 is 12.0 Å². The van der Waals surface area contributed by atoms with Crippen molar-refractivity contribution in [3.05, 3.63) is 35.9 Å². The van der Waals surface area contributed by atoms with Crippen LogP contribution in [0.3, 0.4) is 0 Å².